The maximum Gasteiger partial charge on any atom is 0.338 e. The van der Waals surface area contributed by atoms with Crippen LogP contribution in [0.15, 0.2) is 41.7 Å². The number of carbonyl (C=O) groups is 1. The molecule has 0 radical (unpaired) electrons. The minimum absolute atomic E-state index is 0.305. The average Bonchev–Trinajstić information content (AvgIpc) is 2.56. The number of rotatable bonds is 2. The largest absolute Gasteiger partial charge is 0.496 e. The van der Waals surface area contributed by atoms with Gasteiger partial charge in [-0.15, -0.1) is 0 Å². The highest BCUT2D eigenvalue weighted by Crippen LogP contribution is 2.34. The monoisotopic (exact) mass is 204 g/mol. The highest BCUT2D eigenvalue weighted by Gasteiger charge is 2.33. The van der Waals surface area contributed by atoms with E-state index in [4.69, 9.17) is 9.47 Å². The van der Waals surface area contributed by atoms with Crippen LogP contribution >= 0.6 is 0 Å². The van der Waals surface area contributed by atoms with Gasteiger partial charge in [0.05, 0.1) is 12.7 Å². The minimum Gasteiger partial charge on any atom is -0.496 e. The van der Waals surface area contributed by atoms with Crippen molar-refractivity contribution in [1.82, 2.24) is 0 Å². The maximum atomic E-state index is 11.4. The molecular formula is C12H12O3. The van der Waals surface area contributed by atoms with Crippen LogP contribution in [0, 0.1) is 0 Å². The Labute approximate surface area is 88.3 Å². The Morgan fingerprint density at radius 1 is 1.27 bits per heavy atom. The molecule has 1 heterocycles. The Balaban J connectivity index is 2.37. The van der Waals surface area contributed by atoms with E-state index >= 15 is 0 Å². The van der Waals surface area contributed by atoms with Crippen LogP contribution in [0.3, 0.4) is 0 Å². The number of ether oxygens (including phenoxy) is 2. The standard InChI is InChI=1S/C12H12O3/c1-8-10(14-2)11(15-12(8)13)9-6-4-3-5-7-9/h3-7,11H,1-2H3. The van der Waals surface area contributed by atoms with E-state index in [-0.39, 0.29) is 12.1 Å². The summed E-state index contributed by atoms with van der Waals surface area (Å²) >= 11 is 0. The maximum absolute atomic E-state index is 11.4. The van der Waals surface area contributed by atoms with Crippen molar-refractivity contribution in [1.29, 1.82) is 0 Å². The molecule has 3 nitrogen and oxygen atoms in total. The summed E-state index contributed by atoms with van der Waals surface area (Å²) in [6.45, 7) is 1.71. The van der Waals surface area contributed by atoms with Crippen LogP contribution in [0.25, 0.3) is 0 Å². The zero-order valence-electron chi connectivity index (χ0n) is 8.69. The van der Waals surface area contributed by atoms with Crippen LogP contribution in [0.2, 0.25) is 0 Å². The molecular weight excluding hydrogens is 192 g/mol. The van der Waals surface area contributed by atoms with Gasteiger partial charge in [-0.3, -0.25) is 0 Å². The molecule has 0 aromatic heterocycles. The molecule has 1 aromatic carbocycles. The average molecular weight is 204 g/mol. The molecule has 78 valence electrons. The SMILES string of the molecule is COC1=C(C)C(=O)OC1c1ccccc1. The second-order valence-corrected chi connectivity index (χ2v) is 3.39. The topological polar surface area (TPSA) is 35.5 Å². The lowest BCUT2D eigenvalue weighted by Gasteiger charge is -2.12. The molecule has 1 atom stereocenters. The Hall–Kier alpha value is -1.77. The third-order valence-electron chi connectivity index (χ3n) is 2.46. The smallest absolute Gasteiger partial charge is 0.338 e. The zero-order valence-corrected chi connectivity index (χ0v) is 8.69. The Kier molecular flexibility index (Phi) is 2.46. The van der Waals surface area contributed by atoms with E-state index in [2.05, 4.69) is 0 Å². The predicted octanol–water partition coefficient (Wildman–Crippen LogP) is 2.20. The number of esters is 1. The fourth-order valence-corrected chi connectivity index (χ4v) is 1.65. The van der Waals surface area contributed by atoms with E-state index < -0.39 is 0 Å². The third-order valence-corrected chi connectivity index (χ3v) is 2.46. The number of cyclic esters (lactones) is 1. The summed E-state index contributed by atoms with van der Waals surface area (Å²) in [5.41, 5.74) is 1.48. The van der Waals surface area contributed by atoms with Crippen LogP contribution in [-0.2, 0) is 14.3 Å². The van der Waals surface area contributed by atoms with Crippen LogP contribution < -0.4 is 0 Å². The molecule has 3 heteroatoms. The molecule has 1 aliphatic rings. The van der Waals surface area contributed by atoms with Crippen molar-refractivity contribution in [3.05, 3.63) is 47.2 Å². The van der Waals surface area contributed by atoms with Gasteiger partial charge in [0, 0.05) is 5.56 Å². The molecule has 0 N–H and O–H groups in total. The van der Waals surface area contributed by atoms with Gasteiger partial charge in [0.1, 0.15) is 0 Å². The summed E-state index contributed by atoms with van der Waals surface area (Å²) < 4.78 is 10.4. The highest BCUT2D eigenvalue weighted by molar-refractivity contribution is 5.91. The second-order valence-electron chi connectivity index (χ2n) is 3.39. The quantitative estimate of drug-likeness (QED) is 0.693. The van der Waals surface area contributed by atoms with Crippen molar-refractivity contribution in [3.63, 3.8) is 0 Å². The van der Waals surface area contributed by atoms with Crippen molar-refractivity contribution >= 4 is 5.97 Å². The molecule has 2 rings (SSSR count). The first-order valence-electron chi connectivity index (χ1n) is 4.74. The van der Waals surface area contributed by atoms with E-state index in [1.165, 1.54) is 0 Å². The van der Waals surface area contributed by atoms with Gasteiger partial charge in [-0.2, -0.15) is 0 Å². The lowest BCUT2D eigenvalue weighted by atomic mass is 10.1. The Bertz CT molecular complexity index is 406. The van der Waals surface area contributed by atoms with E-state index in [0.29, 0.717) is 11.3 Å². The molecule has 15 heavy (non-hydrogen) atoms. The summed E-state index contributed by atoms with van der Waals surface area (Å²) in [6, 6.07) is 9.56. The van der Waals surface area contributed by atoms with Gasteiger partial charge < -0.3 is 9.47 Å². The van der Waals surface area contributed by atoms with Crippen molar-refractivity contribution < 1.29 is 14.3 Å². The number of hydrogen-bond donors (Lipinski definition) is 0. The summed E-state index contributed by atoms with van der Waals surface area (Å²) in [6.07, 6.45) is -0.385. The van der Waals surface area contributed by atoms with Crippen LogP contribution in [0.4, 0.5) is 0 Å². The fourth-order valence-electron chi connectivity index (χ4n) is 1.65. The van der Waals surface area contributed by atoms with Gasteiger partial charge in [0.2, 0.25) is 0 Å². The lowest BCUT2D eigenvalue weighted by molar-refractivity contribution is -0.140. The summed E-state index contributed by atoms with van der Waals surface area (Å²) in [5, 5.41) is 0. The molecule has 0 amide bonds. The predicted molar refractivity (Wildman–Crippen MR) is 55.0 cm³/mol. The molecule has 1 aliphatic heterocycles. The molecule has 1 aromatic rings. The Morgan fingerprint density at radius 2 is 1.93 bits per heavy atom. The lowest BCUT2D eigenvalue weighted by Crippen LogP contribution is -2.03. The Morgan fingerprint density at radius 3 is 2.53 bits per heavy atom. The second kappa shape index (κ2) is 3.77. The normalized spacial score (nSPS) is 20.4. The molecule has 1 unspecified atom stereocenters. The van der Waals surface area contributed by atoms with Crippen molar-refractivity contribution in [2.45, 2.75) is 13.0 Å². The number of methoxy groups -OCH3 is 1. The van der Waals surface area contributed by atoms with Gasteiger partial charge in [-0.05, 0) is 6.92 Å². The number of hydrogen-bond acceptors (Lipinski definition) is 3. The van der Waals surface area contributed by atoms with E-state index in [9.17, 15) is 4.79 Å². The summed E-state index contributed by atoms with van der Waals surface area (Å²) in [5.74, 6) is 0.298. The molecule has 0 saturated carbocycles. The summed E-state index contributed by atoms with van der Waals surface area (Å²) in [4.78, 5) is 11.4. The molecule has 0 saturated heterocycles. The molecule has 0 aliphatic carbocycles. The van der Waals surface area contributed by atoms with Crippen molar-refractivity contribution in [2.24, 2.45) is 0 Å². The molecule has 0 fully saturated rings. The number of benzene rings is 1. The fraction of sp³-hybridized carbons (Fsp3) is 0.250. The highest BCUT2D eigenvalue weighted by atomic mass is 16.6. The summed E-state index contributed by atoms with van der Waals surface area (Å²) in [7, 11) is 1.55. The van der Waals surface area contributed by atoms with E-state index in [1.807, 2.05) is 30.3 Å². The van der Waals surface area contributed by atoms with Crippen LogP contribution in [0.5, 0.6) is 0 Å². The first-order valence-corrected chi connectivity index (χ1v) is 4.74. The first kappa shape index (κ1) is 9.77. The minimum atomic E-state index is -0.385. The van der Waals surface area contributed by atoms with Gasteiger partial charge in [-0.1, -0.05) is 30.3 Å². The van der Waals surface area contributed by atoms with Gasteiger partial charge >= 0.3 is 5.97 Å². The van der Waals surface area contributed by atoms with E-state index in [1.54, 1.807) is 14.0 Å². The van der Waals surface area contributed by atoms with Crippen molar-refractivity contribution in [3.8, 4) is 0 Å². The van der Waals surface area contributed by atoms with Gasteiger partial charge in [0.15, 0.2) is 11.9 Å². The first-order chi connectivity index (χ1) is 7.24. The molecule has 0 bridgehead atoms. The van der Waals surface area contributed by atoms with Crippen LogP contribution in [0.1, 0.15) is 18.6 Å². The third kappa shape index (κ3) is 1.61. The number of carbonyl (C=O) groups excluding carboxylic acids is 1. The van der Waals surface area contributed by atoms with Crippen molar-refractivity contribution in [2.75, 3.05) is 7.11 Å². The van der Waals surface area contributed by atoms with E-state index in [0.717, 1.165) is 5.56 Å². The zero-order chi connectivity index (χ0) is 10.8. The van der Waals surface area contributed by atoms with Gasteiger partial charge in [0.25, 0.3) is 0 Å². The van der Waals surface area contributed by atoms with Crippen LogP contribution in [-0.4, -0.2) is 13.1 Å². The molecule has 0 spiro atoms. The van der Waals surface area contributed by atoms with Gasteiger partial charge in [-0.25, -0.2) is 4.79 Å².